The van der Waals surface area contributed by atoms with Crippen molar-refractivity contribution in [2.75, 3.05) is 7.11 Å². The number of aryl methyl sites for hydroxylation is 1. The first-order chi connectivity index (χ1) is 9.63. The largest absolute Gasteiger partial charge is 0.466 e. The quantitative estimate of drug-likeness (QED) is 0.439. The van der Waals surface area contributed by atoms with Crippen LogP contribution in [0.3, 0.4) is 0 Å². The maximum absolute atomic E-state index is 11.9. The van der Waals surface area contributed by atoms with Gasteiger partial charge in [0.25, 0.3) is 0 Å². The molecule has 0 fully saturated rings. The van der Waals surface area contributed by atoms with Gasteiger partial charge in [0.2, 0.25) is 0 Å². The van der Waals surface area contributed by atoms with Crippen molar-refractivity contribution >= 4 is 16.8 Å². The number of carbonyl (C=O) groups is 1. The van der Waals surface area contributed by atoms with E-state index in [2.05, 4.69) is 4.74 Å². The average molecular weight is 292 g/mol. The number of esters is 1. The van der Waals surface area contributed by atoms with E-state index in [1.165, 1.54) is 13.2 Å². The molecule has 1 atom stereocenters. The Kier molecular flexibility index (Phi) is 7.58. The van der Waals surface area contributed by atoms with Crippen LogP contribution in [-0.4, -0.2) is 17.3 Å². The molecule has 4 heteroatoms. The highest BCUT2D eigenvalue weighted by Crippen LogP contribution is 2.10. The van der Waals surface area contributed by atoms with E-state index in [-0.39, 0.29) is 5.97 Å². The Bertz CT molecular complexity index is 501. The van der Waals surface area contributed by atoms with Gasteiger partial charge in [-0.1, -0.05) is 29.8 Å². The lowest BCUT2D eigenvalue weighted by atomic mass is 10.2. The van der Waals surface area contributed by atoms with Gasteiger partial charge < -0.3 is 4.74 Å². The third kappa shape index (κ3) is 6.48. The zero-order valence-corrected chi connectivity index (χ0v) is 12.7. The summed E-state index contributed by atoms with van der Waals surface area (Å²) in [4.78, 5) is 11.6. The topological polar surface area (TPSA) is 43.4 Å². The summed E-state index contributed by atoms with van der Waals surface area (Å²) in [5.41, 5.74) is 1.16. The number of carbonyl (C=O) groups excluding carboxylic acids is 1. The number of benzene rings is 1. The number of unbranched alkanes of at least 4 members (excludes halogenated alkanes) is 2. The fraction of sp³-hybridized carbons (Fsp3) is 0.312. The molecule has 0 amide bonds. The Morgan fingerprint density at radius 2 is 1.85 bits per heavy atom. The first kappa shape index (κ1) is 16.4. The fourth-order valence-electron chi connectivity index (χ4n) is 1.51. The molecule has 3 nitrogen and oxygen atoms in total. The van der Waals surface area contributed by atoms with Crippen molar-refractivity contribution < 1.29 is 13.7 Å². The standard InChI is InChI=1S/C16H20O3S/c1-14-9-11-15(12-10-14)20(18)13-7-5-3-4-6-8-16(17)19-2/h6-13H,3-5H2,1-2H3/b8-6+,13-7-/t20-/m1/s1. The molecule has 0 heterocycles. The van der Waals surface area contributed by atoms with Crippen molar-refractivity contribution in [2.24, 2.45) is 0 Å². The van der Waals surface area contributed by atoms with Gasteiger partial charge in [-0.05, 0) is 38.3 Å². The summed E-state index contributed by atoms with van der Waals surface area (Å²) < 4.78 is 16.4. The Labute approximate surface area is 122 Å². The van der Waals surface area contributed by atoms with E-state index >= 15 is 0 Å². The number of rotatable bonds is 7. The number of hydrogen-bond donors (Lipinski definition) is 0. The molecule has 0 aliphatic carbocycles. The summed E-state index contributed by atoms with van der Waals surface area (Å²) in [6, 6.07) is 7.68. The molecule has 1 aromatic carbocycles. The monoisotopic (exact) mass is 292 g/mol. The highest BCUT2D eigenvalue weighted by molar-refractivity contribution is 7.88. The van der Waals surface area contributed by atoms with Crippen LogP contribution in [0.1, 0.15) is 24.8 Å². The molecule has 0 N–H and O–H groups in total. The van der Waals surface area contributed by atoms with Gasteiger partial charge >= 0.3 is 5.97 Å². The minimum atomic E-state index is -1.08. The molecule has 0 saturated heterocycles. The average Bonchev–Trinajstić information content (AvgIpc) is 2.46. The molecule has 0 bridgehead atoms. The fourth-order valence-corrected chi connectivity index (χ4v) is 2.38. The van der Waals surface area contributed by atoms with E-state index in [1.807, 2.05) is 37.3 Å². The Balaban J connectivity index is 2.28. The Morgan fingerprint density at radius 3 is 2.50 bits per heavy atom. The summed E-state index contributed by atoms with van der Waals surface area (Å²) in [5.74, 6) is -0.332. The van der Waals surface area contributed by atoms with Crippen molar-refractivity contribution in [3.05, 3.63) is 53.5 Å². The van der Waals surface area contributed by atoms with Crippen LogP contribution in [-0.2, 0) is 20.3 Å². The SMILES string of the molecule is COC(=O)/C=C/CCC/C=C\[S@@](=O)c1ccc(C)cc1. The van der Waals surface area contributed by atoms with Gasteiger partial charge in [-0.15, -0.1) is 0 Å². The van der Waals surface area contributed by atoms with Crippen LogP contribution >= 0.6 is 0 Å². The molecule has 0 saturated carbocycles. The molecule has 0 aromatic heterocycles. The second-order valence-corrected chi connectivity index (χ2v) is 5.68. The summed E-state index contributed by atoms with van der Waals surface area (Å²) >= 11 is 0. The zero-order chi connectivity index (χ0) is 14.8. The van der Waals surface area contributed by atoms with Crippen LogP contribution in [0, 0.1) is 6.92 Å². The maximum Gasteiger partial charge on any atom is 0.330 e. The first-order valence-corrected chi connectivity index (χ1v) is 7.73. The molecule has 0 aliphatic rings. The summed E-state index contributed by atoms with van der Waals surface area (Å²) in [6.45, 7) is 2.00. The Hall–Kier alpha value is -1.68. The van der Waals surface area contributed by atoms with Crippen molar-refractivity contribution in [3.8, 4) is 0 Å². The lowest BCUT2D eigenvalue weighted by Crippen LogP contribution is -1.93. The third-order valence-electron chi connectivity index (χ3n) is 2.67. The van der Waals surface area contributed by atoms with Gasteiger partial charge in [0, 0.05) is 16.4 Å². The lowest BCUT2D eigenvalue weighted by molar-refractivity contribution is -0.134. The zero-order valence-electron chi connectivity index (χ0n) is 11.9. The van der Waals surface area contributed by atoms with Gasteiger partial charge in [0.1, 0.15) is 0 Å². The smallest absolute Gasteiger partial charge is 0.330 e. The van der Waals surface area contributed by atoms with E-state index in [1.54, 1.807) is 11.5 Å². The lowest BCUT2D eigenvalue weighted by Gasteiger charge is -1.97. The summed E-state index contributed by atoms with van der Waals surface area (Å²) in [5, 5.41) is 1.72. The van der Waals surface area contributed by atoms with Gasteiger partial charge in [-0.2, -0.15) is 0 Å². The van der Waals surface area contributed by atoms with E-state index in [4.69, 9.17) is 0 Å². The number of allylic oxidation sites excluding steroid dienone is 2. The number of ether oxygens (including phenoxy) is 1. The normalized spacial score (nSPS) is 12.9. The van der Waals surface area contributed by atoms with Gasteiger partial charge in [-0.3, -0.25) is 0 Å². The van der Waals surface area contributed by atoms with E-state index < -0.39 is 10.8 Å². The van der Waals surface area contributed by atoms with Crippen LogP contribution in [0.15, 0.2) is 52.8 Å². The van der Waals surface area contributed by atoms with Crippen LogP contribution in [0.2, 0.25) is 0 Å². The van der Waals surface area contributed by atoms with Crippen LogP contribution in [0.5, 0.6) is 0 Å². The summed E-state index contributed by atoms with van der Waals surface area (Å²) in [6.07, 6.45) is 7.68. The predicted octanol–water partition coefficient (Wildman–Crippen LogP) is 3.52. The predicted molar refractivity (Wildman–Crippen MR) is 81.7 cm³/mol. The highest BCUT2D eigenvalue weighted by atomic mass is 32.2. The van der Waals surface area contributed by atoms with E-state index in [0.29, 0.717) is 0 Å². The number of hydrogen-bond acceptors (Lipinski definition) is 3. The van der Waals surface area contributed by atoms with E-state index in [0.717, 1.165) is 29.7 Å². The van der Waals surface area contributed by atoms with Crippen molar-refractivity contribution in [3.63, 3.8) is 0 Å². The van der Waals surface area contributed by atoms with Gasteiger partial charge in [0.15, 0.2) is 0 Å². The molecule has 0 spiro atoms. The Morgan fingerprint density at radius 1 is 1.20 bits per heavy atom. The molecule has 0 unspecified atom stereocenters. The molecule has 20 heavy (non-hydrogen) atoms. The van der Waals surface area contributed by atoms with Crippen LogP contribution in [0.25, 0.3) is 0 Å². The second kappa shape index (κ2) is 9.26. The number of methoxy groups -OCH3 is 1. The molecule has 1 rings (SSSR count). The molecule has 108 valence electrons. The summed E-state index contributed by atoms with van der Waals surface area (Å²) in [7, 11) is 0.277. The molecular weight excluding hydrogens is 272 g/mol. The van der Waals surface area contributed by atoms with Gasteiger partial charge in [-0.25, -0.2) is 9.00 Å². The van der Waals surface area contributed by atoms with Crippen LogP contribution in [0.4, 0.5) is 0 Å². The molecule has 0 radical (unpaired) electrons. The minimum absolute atomic E-state index is 0.332. The highest BCUT2D eigenvalue weighted by Gasteiger charge is 1.97. The third-order valence-corrected chi connectivity index (χ3v) is 3.85. The molecule has 0 aliphatic heterocycles. The van der Waals surface area contributed by atoms with Crippen molar-refractivity contribution in [2.45, 2.75) is 31.1 Å². The van der Waals surface area contributed by atoms with Gasteiger partial charge in [0.05, 0.1) is 17.9 Å². The van der Waals surface area contributed by atoms with Crippen molar-refractivity contribution in [1.29, 1.82) is 0 Å². The van der Waals surface area contributed by atoms with E-state index in [9.17, 15) is 9.00 Å². The van der Waals surface area contributed by atoms with Crippen LogP contribution < -0.4 is 0 Å². The maximum atomic E-state index is 11.9. The minimum Gasteiger partial charge on any atom is -0.466 e. The first-order valence-electron chi connectivity index (χ1n) is 6.52. The van der Waals surface area contributed by atoms with Crippen molar-refractivity contribution in [1.82, 2.24) is 0 Å². The molecule has 1 aromatic rings. The second-order valence-electron chi connectivity index (χ2n) is 4.34. The molecular formula is C16H20O3S.